The summed E-state index contributed by atoms with van der Waals surface area (Å²) < 4.78 is 0. The number of nitrogens with one attached hydrogen (secondary N) is 1. The molecule has 0 amide bonds. The summed E-state index contributed by atoms with van der Waals surface area (Å²) in [5.74, 6) is 1.58. The smallest absolute Gasteiger partial charge is 0.145 e. The van der Waals surface area contributed by atoms with Crippen LogP contribution in [0.3, 0.4) is 0 Å². The van der Waals surface area contributed by atoms with Crippen LogP contribution in [0.5, 0.6) is 0 Å². The summed E-state index contributed by atoms with van der Waals surface area (Å²) in [4.78, 5) is 4.28. The maximum absolute atomic E-state index is 6.22. The van der Waals surface area contributed by atoms with Crippen molar-refractivity contribution in [2.24, 2.45) is 11.7 Å². The highest BCUT2D eigenvalue weighted by atomic mass is 35.5. The molecule has 1 saturated carbocycles. The first-order valence-electron chi connectivity index (χ1n) is 5.80. The van der Waals surface area contributed by atoms with Gasteiger partial charge in [-0.2, -0.15) is 0 Å². The van der Waals surface area contributed by atoms with Crippen LogP contribution < -0.4 is 11.1 Å². The van der Waals surface area contributed by atoms with E-state index in [4.69, 9.17) is 17.3 Å². The summed E-state index contributed by atoms with van der Waals surface area (Å²) in [5, 5.41) is 4.09. The Kier molecular flexibility index (Phi) is 3.66. The van der Waals surface area contributed by atoms with Crippen molar-refractivity contribution in [3.8, 4) is 0 Å². The number of hydrogen-bond donors (Lipinski definition) is 2. The molecule has 1 aliphatic rings. The summed E-state index contributed by atoms with van der Waals surface area (Å²) in [6.45, 7) is 2.74. The van der Waals surface area contributed by atoms with Crippen molar-refractivity contribution in [3.63, 3.8) is 0 Å². The van der Waals surface area contributed by atoms with Gasteiger partial charge in [-0.15, -0.1) is 0 Å². The minimum atomic E-state index is 0.455. The molecule has 16 heavy (non-hydrogen) atoms. The number of anilines is 1. The van der Waals surface area contributed by atoms with E-state index in [-0.39, 0.29) is 0 Å². The largest absolute Gasteiger partial charge is 0.366 e. The van der Waals surface area contributed by atoms with Crippen LogP contribution >= 0.6 is 11.6 Å². The normalized spacial score (nSPS) is 24.7. The van der Waals surface area contributed by atoms with Crippen molar-refractivity contribution in [2.45, 2.75) is 38.8 Å². The Morgan fingerprint density at radius 3 is 3.00 bits per heavy atom. The SMILES string of the molecule is CC1CCC(Nc2nccc(CN)c2Cl)C1. The van der Waals surface area contributed by atoms with Gasteiger partial charge in [0.1, 0.15) is 5.82 Å². The monoisotopic (exact) mass is 239 g/mol. The maximum Gasteiger partial charge on any atom is 0.145 e. The van der Waals surface area contributed by atoms with Crippen LogP contribution in [0.1, 0.15) is 31.7 Å². The van der Waals surface area contributed by atoms with E-state index < -0.39 is 0 Å². The Bertz CT molecular complexity index is 367. The van der Waals surface area contributed by atoms with Gasteiger partial charge in [-0.3, -0.25) is 0 Å². The zero-order chi connectivity index (χ0) is 11.5. The molecule has 0 saturated heterocycles. The average molecular weight is 240 g/mol. The fourth-order valence-corrected chi connectivity index (χ4v) is 2.52. The molecule has 3 N–H and O–H groups in total. The molecule has 0 bridgehead atoms. The van der Waals surface area contributed by atoms with Crippen molar-refractivity contribution in [2.75, 3.05) is 5.32 Å². The average Bonchev–Trinajstić information content (AvgIpc) is 2.67. The molecule has 4 heteroatoms. The number of nitrogens with zero attached hydrogens (tertiary/aromatic N) is 1. The first kappa shape index (κ1) is 11.7. The molecule has 1 aromatic heterocycles. The summed E-state index contributed by atoms with van der Waals surface area (Å²) >= 11 is 6.22. The topological polar surface area (TPSA) is 50.9 Å². The van der Waals surface area contributed by atoms with Crippen LogP contribution in [0.2, 0.25) is 5.02 Å². The first-order valence-corrected chi connectivity index (χ1v) is 6.18. The molecule has 2 atom stereocenters. The van der Waals surface area contributed by atoms with Gasteiger partial charge in [0.25, 0.3) is 0 Å². The van der Waals surface area contributed by atoms with E-state index in [2.05, 4.69) is 17.2 Å². The van der Waals surface area contributed by atoms with Gasteiger partial charge in [-0.05, 0) is 36.8 Å². The Morgan fingerprint density at radius 2 is 2.38 bits per heavy atom. The second-order valence-corrected chi connectivity index (χ2v) is 4.97. The third kappa shape index (κ3) is 2.47. The van der Waals surface area contributed by atoms with Crippen LogP contribution in [0.15, 0.2) is 12.3 Å². The van der Waals surface area contributed by atoms with Crippen LogP contribution in [0, 0.1) is 5.92 Å². The van der Waals surface area contributed by atoms with E-state index in [9.17, 15) is 0 Å². The molecule has 1 aromatic rings. The number of rotatable bonds is 3. The molecular formula is C12H18ClN3. The molecule has 2 rings (SSSR count). The predicted octanol–water partition coefficient (Wildman–Crippen LogP) is 2.79. The summed E-state index contributed by atoms with van der Waals surface area (Å²) in [6, 6.07) is 2.37. The fraction of sp³-hybridized carbons (Fsp3) is 0.583. The highest BCUT2D eigenvalue weighted by molar-refractivity contribution is 6.33. The first-order chi connectivity index (χ1) is 7.70. The molecule has 2 unspecified atom stereocenters. The summed E-state index contributed by atoms with van der Waals surface area (Å²) in [6.07, 6.45) is 5.44. The minimum absolute atomic E-state index is 0.455. The number of nitrogens with two attached hydrogens (primary N) is 1. The highest BCUT2D eigenvalue weighted by Crippen LogP contribution is 2.30. The van der Waals surface area contributed by atoms with Gasteiger partial charge in [0.2, 0.25) is 0 Å². The summed E-state index contributed by atoms with van der Waals surface area (Å²) in [5.41, 5.74) is 6.56. The van der Waals surface area contributed by atoms with Crippen molar-refractivity contribution >= 4 is 17.4 Å². The van der Waals surface area contributed by atoms with E-state index in [0.717, 1.165) is 17.3 Å². The molecule has 1 fully saturated rings. The Labute approximate surface area is 101 Å². The zero-order valence-electron chi connectivity index (χ0n) is 9.54. The number of hydrogen-bond acceptors (Lipinski definition) is 3. The lowest BCUT2D eigenvalue weighted by atomic mass is 10.1. The highest BCUT2D eigenvalue weighted by Gasteiger charge is 2.22. The second-order valence-electron chi connectivity index (χ2n) is 4.60. The molecule has 1 aliphatic carbocycles. The van der Waals surface area contributed by atoms with Gasteiger partial charge >= 0.3 is 0 Å². The molecule has 1 heterocycles. The Morgan fingerprint density at radius 1 is 1.56 bits per heavy atom. The van der Waals surface area contributed by atoms with E-state index in [1.165, 1.54) is 19.3 Å². The molecule has 0 spiro atoms. The second kappa shape index (κ2) is 5.02. The van der Waals surface area contributed by atoms with Crippen molar-refractivity contribution in [1.82, 2.24) is 4.98 Å². The van der Waals surface area contributed by atoms with Crippen molar-refractivity contribution in [3.05, 3.63) is 22.8 Å². The van der Waals surface area contributed by atoms with Gasteiger partial charge in [-0.25, -0.2) is 4.98 Å². The third-order valence-electron chi connectivity index (χ3n) is 3.22. The maximum atomic E-state index is 6.22. The fourth-order valence-electron chi connectivity index (χ4n) is 2.27. The minimum Gasteiger partial charge on any atom is -0.366 e. The molecular weight excluding hydrogens is 222 g/mol. The van der Waals surface area contributed by atoms with Crippen LogP contribution in [-0.2, 0) is 6.54 Å². The number of pyridine rings is 1. The van der Waals surface area contributed by atoms with E-state index in [1.807, 2.05) is 6.07 Å². The number of halogens is 1. The lowest BCUT2D eigenvalue weighted by Gasteiger charge is -2.15. The van der Waals surface area contributed by atoms with Gasteiger partial charge in [0.05, 0.1) is 5.02 Å². The lowest BCUT2D eigenvalue weighted by molar-refractivity contribution is 0.602. The van der Waals surface area contributed by atoms with Crippen molar-refractivity contribution in [1.29, 1.82) is 0 Å². The molecule has 0 aliphatic heterocycles. The Hall–Kier alpha value is -0.800. The Balaban J connectivity index is 2.09. The molecule has 0 aromatic carbocycles. The molecule has 0 radical (unpaired) electrons. The van der Waals surface area contributed by atoms with Crippen molar-refractivity contribution < 1.29 is 0 Å². The van der Waals surface area contributed by atoms with Crippen LogP contribution in [-0.4, -0.2) is 11.0 Å². The molecule has 88 valence electrons. The third-order valence-corrected chi connectivity index (χ3v) is 3.65. The van der Waals surface area contributed by atoms with Crippen LogP contribution in [0.4, 0.5) is 5.82 Å². The summed E-state index contributed by atoms with van der Waals surface area (Å²) in [7, 11) is 0. The quantitative estimate of drug-likeness (QED) is 0.853. The number of aromatic nitrogens is 1. The van der Waals surface area contributed by atoms with Gasteiger partial charge in [0, 0.05) is 18.8 Å². The standard InChI is InChI=1S/C12H18ClN3/c1-8-2-3-10(6-8)16-12-11(13)9(7-14)4-5-15-12/h4-5,8,10H,2-3,6-7,14H2,1H3,(H,15,16). The van der Waals surface area contributed by atoms with E-state index in [0.29, 0.717) is 17.6 Å². The van der Waals surface area contributed by atoms with E-state index in [1.54, 1.807) is 6.20 Å². The van der Waals surface area contributed by atoms with Gasteiger partial charge < -0.3 is 11.1 Å². The van der Waals surface area contributed by atoms with Gasteiger partial charge in [0.15, 0.2) is 0 Å². The predicted molar refractivity (Wildman–Crippen MR) is 67.6 cm³/mol. The van der Waals surface area contributed by atoms with Gasteiger partial charge in [-0.1, -0.05) is 18.5 Å². The molecule has 3 nitrogen and oxygen atoms in total. The van der Waals surface area contributed by atoms with Crippen LogP contribution in [0.25, 0.3) is 0 Å². The van der Waals surface area contributed by atoms with E-state index >= 15 is 0 Å². The zero-order valence-corrected chi connectivity index (χ0v) is 10.3. The lowest BCUT2D eigenvalue weighted by Crippen LogP contribution is -2.17.